The smallest absolute Gasteiger partial charge is 0.158 e. The molecule has 0 fully saturated rings. The van der Waals surface area contributed by atoms with Crippen LogP contribution in [0.1, 0.15) is 0 Å². The van der Waals surface area contributed by atoms with Crippen molar-refractivity contribution in [3.63, 3.8) is 0 Å². The first-order valence-corrected chi connectivity index (χ1v) is 5.51. The van der Waals surface area contributed by atoms with Gasteiger partial charge >= 0.3 is 0 Å². The lowest BCUT2D eigenvalue weighted by Crippen LogP contribution is -1.95. The molecule has 4 nitrogen and oxygen atoms in total. The summed E-state index contributed by atoms with van der Waals surface area (Å²) >= 11 is 5.93. The average Bonchev–Trinajstić information content (AvgIpc) is 2.78. The van der Waals surface area contributed by atoms with E-state index in [2.05, 4.69) is 20.3 Å². The molecule has 0 radical (unpaired) electrons. The number of halogens is 1. The molecule has 5 heteroatoms. The van der Waals surface area contributed by atoms with Crippen LogP contribution in [0.3, 0.4) is 0 Å². The van der Waals surface area contributed by atoms with Crippen LogP contribution in [-0.4, -0.2) is 15.0 Å². The molecular weight excluding hydrogens is 236 g/mol. The van der Waals surface area contributed by atoms with Gasteiger partial charge in [-0.05, 0) is 24.3 Å². The van der Waals surface area contributed by atoms with Gasteiger partial charge in [-0.3, -0.25) is 0 Å². The van der Waals surface area contributed by atoms with Gasteiger partial charge in [-0.1, -0.05) is 17.7 Å². The molecule has 84 valence electrons. The van der Waals surface area contributed by atoms with E-state index in [-0.39, 0.29) is 0 Å². The number of nitrogens with zero attached hydrogens (tertiary/aromatic N) is 2. The molecule has 0 atom stereocenters. The monoisotopic (exact) mass is 244 g/mol. The van der Waals surface area contributed by atoms with Crippen LogP contribution in [-0.2, 0) is 0 Å². The van der Waals surface area contributed by atoms with E-state index in [0.29, 0.717) is 5.02 Å². The third-order valence-electron chi connectivity index (χ3n) is 2.43. The highest BCUT2D eigenvalue weighted by molar-refractivity contribution is 6.30. The van der Waals surface area contributed by atoms with Crippen molar-refractivity contribution < 1.29 is 0 Å². The minimum Gasteiger partial charge on any atom is -0.357 e. The minimum absolute atomic E-state index is 0.687. The molecule has 3 rings (SSSR count). The first-order valence-electron chi connectivity index (χ1n) is 5.13. The third-order valence-corrected chi connectivity index (χ3v) is 2.67. The predicted octanol–water partition coefficient (Wildman–Crippen LogP) is 3.35. The number of anilines is 2. The quantitative estimate of drug-likeness (QED) is 0.727. The second-order valence-corrected chi connectivity index (χ2v) is 4.03. The van der Waals surface area contributed by atoms with E-state index in [1.807, 2.05) is 36.5 Å². The molecule has 17 heavy (non-hydrogen) atoms. The van der Waals surface area contributed by atoms with Gasteiger partial charge in [0.15, 0.2) is 5.82 Å². The van der Waals surface area contributed by atoms with Gasteiger partial charge in [0, 0.05) is 16.9 Å². The van der Waals surface area contributed by atoms with E-state index in [0.717, 1.165) is 22.5 Å². The van der Waals surface area contributed by atoms with Crippen LogP contribution in [0.15, 0.2) is 42.9 Å². The zero-order valence-electron chi connectivity index (χ0n) is 8.81. The number of hydrogen-bond acceptors (Lipinski definition) is 3. The fourth-order valence-corrected chi connectivity index (χ4v) is 1.86. The molecule has 2 aromatic heterocycles. The van der Waals surface area contributed by atoms with Crippen molar-refractivity contribution >= 4 is 34.1 Å². The van der Waals surface area contributed by atoms with E-state index in [1.165, 1.54) is 6.33 Å². The van der Waals surface area contributed by atoms with Gasteiger partial charge in [0.2, 0.25) is 0 Å². The maximum absolute atomic E-state index is 5.93. The van der Waals surface area contributed by atoms with Crippen LogP contribution in [0.5, 0.6) is 0 Å². The van der Waals surface area contributed by atoms with E-state index in [4.69, 9.17) is 11.6 Å². The molecule has 0 spiro atoms. The zero-order valence-corrected chi connectivity index (χ0v) is 9.57. The Morgan fingerprint density at radius 2 is 2.12 bits per heavy atom. The molecule has 0 unspecified atom stereocenters. The number of hydrogen-bond donors (Lipinski definition) is 2. The number of aromatic amines is 1. The normalized spacial score (nSPS) is 10.6. The van der Waals surface area contributed by atoms with Crippen LogP contribution in [0.4, 0.5) is 11.5 Å². The lowest BCUT2D eigenvalue weighted by molar-refractivity contribution is 1.21. The number of H-pyrrole nitrogens is 1. The predicted molar refractivity (Wildman–Crippen MR) is 68.6 cm³/mol. The first kappa shape index (κ1) is 10.1. The molecular formula is C12H9ClN4. The maximum Gasteiger partial charge on any atom is 0.158 e. The average molecular weight is 245 g/mol. The molecule has 0 amide bonds. The summed E-state index contributed by atoms with van der Waals surface area (Å²) in [7, 11) is 0. The van der Waals surface area contributed by atoms with Crippen LogP contribution in [0.2, 0.25) is 5.02 Å². The lowest BCUT2D eigenvalue weighted by atomic mass is 10.3. The first-order chi connectivity index (χ1) is 8.33. The summed E-state index contributed by atoms with van der Waals surface area (Å²) in [6.45, 7) is 0. The molecule has 0 saturated heterocycles. The molecule has 1 aromatic carbocycles. The highest BCUT2D eigenvalue weighted by atomic mass is 35.5. The van der Waals surface area contributed by atoms with Gasteiger partial charge in [0.25, 0.3) is 0 Å². The molecule has 0 aliphatic carbocycles. The van der Waals surface area contributed by atoms with E-state index in [1.54, 1.807) is 0 Å². The number of nitrogens with one attached hydrogen (secondary N) is 2. The Bertz CT molecular complexity index is 662. The van der Waals surface area contributed by atoms with Gasteiger partial charge in [-0.25, -0.2) is 9.97 Å². The highest BCUT2D eigenvalue weighted by Gasteiger charge is 2.04. The SMILES string of the molecule is Clc1cccc(Nc2ncnc3cc[nH]c23)c1. The van der Waals surface area contributed by atoms with Crippen molar-refractivity contribution in [3.8, 4) is 0 Å². The molecule has 0 aliphatic rings. The molecule has 3 aromatic rings. The van der Waals surface area contributed by atoms with Gasteiger partial charge < -0.3 is 10.3 Å². The summed E-state index contributed by atoms with van der Waals surface area (Å²) in [5.41, 5.74) is 2.66. The Balaban J connectivity index is 2.02. The van der Waals surface area contributed by atoms with Gasteiger partial charge in [-0.2, -0.15) is 0 Å². The van der Waals surface area contributed by atoms with E-state index < -0.39 is 0 Å². The summed E-state index contributed by atoms with van der Waals surface area (Å²) in [5, 5.41) is 3.89. The molecule has 0 saturated carbocycles. The minimum atomic E-state index is 0.687. The van der Waals surface area contributed by atoms with Crippen LogP contribution >= 0.6 is 11.6 Å². The standard InChI is InChI=1S/C12H9ClN4/c13-8-2-1-3-9(6-8)17-12-11-10(4-5-14-11)15-7-16-12/h1-7,14H,(H,15,16,17). The number of rotatable bonds is 2. The Morgan fingerprint density at radius 1 is 1.18 bits per heavy atom. The van der Waals surface area contributed by atoms with Crippen molar-refractivity contribution in [2.75, 3.05) is 5.32 Å². The Labute approximate surface area is 103 Å². The summed E-state index contributed by atoms with van der Waals surface area (Å²) in [5.74, 6) is 0.738. The summed E-state index contributed by atoms with van der Waals surface area (Å²) in [6.07, 6.45) is 3.37. The molecule has 2 heterocycles. The Kier molecular flexibility index (Phi) is 2.42. The summed E-state index contributed by atoms with van der Waals surface area (Å²) in [4.78, 5) is 11.5. The van der Waals surface area contributed by atoms with Crippen LogP contribution < -0.4 is 5.32 Å². The second-order valence-electron chi connectivity index (χ2n) is 3.60. The van der Waals surface area contributed by atoms with Crippen molar-refractivity contribution in [2.45, 2.75) is 0 Å². The maximum atomic E-state index is 5.93. The molecule has 0 bridgehead atoms. The van der Waals surface area contributed by atoms with Gasteiger partial charge in [0.1, 0.15) is 11.8 Å². The summed E-state index contributed by atoms with van der Waals surface area (Å²) in [6, 6.07) is 9.40. The Hall–Kier alpha value is -2.07. The molecule has 0 aliphatic heterocycles. The van der Waals surface area contributed by atoms with Crippen molar-refractivity contribution in [3.05, 3.63) is 47.9 Å². The van der Waals surface area contributed by atoms with Crippen molar-refractivity contribution in [1.82, 2.24) is 15.0 Å². The van der Waals surface area contributed by atoms with Crippen LogP contribution in [0, 0.1) is 0 Å². The van der Waals surface area contributed by atoms with Crippen molar-refractivity contribution in [1.29, 1.82) is 0 Å². The fourth-order valence-electron chi connectivity index (χ4n) is 1.67. The van der Waals surface area contributed by atoms with E-state index >= 15 is 0 Å². The van der Waals surface area contributed by atoms with Gasteiger partial charge in [-0.15, -0.1) is 0 Å². The Morgan fingerprint density at radius 3 is 3.00 bits per heavy atom. The topological polar surface area (TPSA) is 53.6 Å². The van der Waals surface area contributed by atoms with Crippen molar-refractivity contribution in [2.24, 2.45) is 0 Å². The van der Waals surface area contributed by atoms with Gasteiger partial charge in [0.05, 0.1) is 5.52 Å². The summed E-state index contributed by atoms with van der Waals surface area (Å²) < 4.78 is 0. The van der Waals surface area contributed by atoms with E-state index in [9.17, 15) is 0 Å². The second kappa shape index (κ2) is 4.07. The lowest BCUT2D eigenvalue weighted by Gasteiger charge is -2.06. The fraction of sp³-hybridized carbons (Fsp3) is 0. The molecule has 2 N–H and O–H groups in total. The largest absolute Gasteiger partial charge is 0.357 e. The number of aromatic nitrogens is 3. The van der Waals surface area contributed by atoms with Crippen LogP contribution in [0.25, 0.3) is 11.0 Å². The number of benzene rings is 1. The highest BCUT2D eigenvalue weighted by Crippen LogP contribution is 2.23. The third kappa shape index (κ3) is 1.94. The zero-order chi connectivity index (χ0) is 11.7. The number of fused-ring (bicyclic) bond motifs is 1.